The van der Waals surface area contributed by atoms with Crippen molar-refractivity contribution in [1.29, 1.82) is 0 Å². The van der Waals surface area contributed by atoms with Crippen LogP contribution in [0.2, 0.25) is 0 Å². The van der Waals surface area contributed by atoms with Gasteiger partial charge in [-0.3, -0.25) is 4.98 Å². The predicted molar refractivity (Wildman–Crippen MR) is 246 cm³/mol. The highest BCUT2D eigenvalue weighted by Crippen LogP contribution is 2.63. The van der Waals surface area contributed by atoms with E-state index in [1.807, 2.05) is 42.2 Å². The van der Waals surface area contributed by atoms with Gasteiger partial charge in [0, 0.05) is 43.6 Å². The number of nitrogens with zero attached hydrogens (tertiary/aromatic N) is 3. The van der Waals surface area contributed by atoms with Gasteiger partial charge in [-0.05, 0) is 92.4 Å². The monoisotopic (exact) mass is 781 g/mol. The maximum absolute atomic E-state index is 5.28. The minimum atomic E-state index is -0.568. The first-order chi connectivity index (χ1) is 29.7. The van der Waals surface area contributed by atoms with E-state index in [0.29, 0.717) is 5.82 Å². The molecule has 2 aliphatic rings. The van der Waals surface area contributed by atoms with Crippen LogP contribution in [-0.2, 0) is 5.41 Å². The van der Waals surface area contributed by atoms with Gasteiger partial charge in [-0.2, -0.15) is 0 Å². The van der Waals surface area contributed by atoms with Crippen molar-refractivity contribution in [3.8, 4) is 67.4 Å². The zero-order valence-corrected chi connectivity index (χ0v) is 33.3. The number of pyridine rings is 1. The van der Waals surface area contributed by atoms with Crippen LogP contribution in [0.1, 0.15) is 22.3 Å². The van der Waals surface area contributed by atoms with Gasteiger partial charge in [0.2, 0.25) is 0 Å². The Labute approximate surface area is 353 Å². The Hall–Kier alpha value is -7.40. The van der Waals surface area contributed by atoms with Gasteiger partial charge in [0.1, 0.15) is 0 Å². The lowest BCUT2D eigenvalue weighted by Crippen LogP contribution is -2.32. The third kappa shape index (κ3) is 5.42. The van der Waals surface area contributed by atoms with Gasteiger partial charge in [0.05, 0.1) is 22.5 Å². The number of hydrogen-bond acceptors (Lipinski definition) is 4. The largest absolute Gasteiger partial charge is 0.256 e. The van der Waals surface area contributed by atoms with Crippen molar-refractivity contribution in [1.82, 2.24) is 15.0 Å². The van der Waals surface area contributed by atoms with E-state index in [2.05, 4.69) is 182 Å². The highest BCUT2D eigenvalue weighted by atomic mass is 32.2. The summed E-state index contributed by atoms with van der Waals surface area (Å²) in [6.45, 7) is 0. The standard InChI is InChI=1S/C56H35N3S/c1-3-15-37(16-4-1)50-35-51(59-55(58-50)38-17-5-2-6-18-38)41-27-29-45-44-28-26-40(39-19-13-20-42(32-39)54-43-21-8-7-14-36(43)30-31-57-54)33-48(44)56(49(45)34-41)46-22-9-11-24-52(46)60-53-25-12-10-23-47(53)56/h1-35H. The fraction of sp³-hybridized carbons (Fsp3) is 0.0179. The molecule has 0 fully saturated rings. The SMILES string of the molecule is c1ccc(-c2cc(-c3ccc4c(c3)C3(c5ccccc5Sc5ccccc53)c3cc(-c5cccc(-c6nccc7ccccc67)c5)ccc3-4)nc(-c3ccccc3)n2)cc1. The second kappa shape index (κ2) is 13.9. The molecule has 0 saturated heterocycles. The summed E-state index contributed by atoms with van der Waals surface area (Å²) in [5.41, 5.74) is 16.4. The summed E-state index contributed by atoms with van der Waals surface area (Å²) in [6.07, 6.45) is 1.91. The average molecular weight is 782 g/mol. The van der Waals surface area contributed by atoms with Crippen molar-refractivity contribution >= 4 is 22.5 Å². The van der Waals surface area contributed by atoms with Crippen molar-refractivity contribution in [3.63, 3.8) is 0 Å². The van der Waals surface area contributed by atoms with Gasteiger partial charge in [-0.15, -0.1) is 0 Å². The van der Waals surface area contributed by atoms with Crippen LogP contribution < -0.4 is 0 Å². The van der Waals surface area contributed by atoms with Crippen LogP contribution in [0.15, 0.2) is 222 Å². The van der Waals surface area contributed by atoms with Crippen molar-refractivity contribution in [2.24, 2.45) is 0 Å². The molecule has 1 spiro atoms. The van der Waals surface area contributed by atoms with E-state index in [9.17, 15) is 0 Å². The fourth-order valence-electron chi connectivity index (χ4n) is 9.50. The summed E-state index contributed by atoms with van der Waals surface area (Å²) >= 11 is 1.87. The zero-order chi connectivity index (χ0) is 39.6. The van der Waals surface area contributed by atoms with Gasteiger partial charge in [0.25, 0.3) is 0 Å². The maximum atomic E-state index is 5.28. The molecule has 3 nitrogen and oxygen atoms in total. The third-order valence-corrected chi connectivity index (χ3v) is 13.4. The maximum Gasteiger partial charge on any atom is 0.160 e. The summed E-state index contributed by atoms with van der Waals surface area (Å²) < 4.78 is 0. The Balaban J connectivity index is 1.09. The first-order valence-corrected chi connectivity index (χ1v) is 21.2. The second-order valence-electron chi connectivity index (χ2n) is 15.5. The van der Waals surface area contributed by atoms with Crippen LogP contribution in [0.4, 0.5) is 0 Å². The summed E-state index contributed by atoms with van der Waals surface area (Å²) in [7, 11) is 0. The zero-order valence-electron chi connectivity index (χ0n) is 32.5. The van der Waals surface area contributed by atoms with Crippen molar-refractivity contribution in [3.05, 3.63) is 235 Å². The molecule has 0 N–H and O–H groups in total. The van der Waals surface area contributed by atoms with E-state index in [4.69, 9.17) is 15.0 Å². The molecule has 0 saturated carbocycles. The molecule has 3 heterocycles. The van der Waals surface area contributed by atoms with E-state index in [-0.39, 0.29) is 0 Å². The Kier molecular flexibility index (Phi) is 8.00. The lowest BCUT2D eigenvalue weighted by molar-refractivity contribution is 0.723. The van der Waals surface area contributed by atoms with Crippen LogP contribution in [-0.4, -0.2) is 15.0 Å². The van der Waals surface area contributed by atoms with E-state index < -0.39 is 5.41 Å². The molecule has 10 aromatic rings. The van der Waals surface area contributed by atoms with Gasteiger partial charge in [0.15, 0.2) is 5.82 Å². The van der Waals surface area contributed by atoms with E-state index >= 15 is 0 Å². The number of fused-ring (bicyclic) bond motifs is 10. The summed E-state index contributed by atoms with van der Waals surface area (Å²) in [5, 5.41) is 2.34. The van der Waals surface area contributed by atoms with Crippen molar-refractivity contribution in [2.75, 3.05) is 0 Å². The molecule has 280 valence electrons. The summed E-state index contributed by atoms with van der Waals surface area (Å²) in [4.78, 5) is 17.8. The Morgan fingerprint density at radius 3 is 1.65 bits per heavy atom. The molecule has 60 heavy (non-hydrogen) atoms. The molecular formula is C56H35N3S. The van der Waals surface area contributed by atoms with Crippen molar-refractivity contribution < 1.29 is 0 Å². The van der Waals surface area contributed by atoms with Gasteiger partial charge in [-0.25, -0.2) is 9.97 Å². The predicted octanol–water partition coefficient (Wildman–Crippen LogP) is 14.2. The average Bonchev–Trinajstić information content (AvgIpc) is 3.61. The molecule has 2 aromatic heterocycles. The molecule has 1 aliphatic carbocycles. The molecular weight excluding hydrogens is 747 g/mol. The number of hydrogen-bond donors (Lipinski definition) is 0. The Morgan fingerprint density at radius 2 is 0.917 bits per heavy atom. The fourth-order valence-corrected chi connectivity index (χ4v) is 10.7. The van der Waals surface area contributed by atoms with Gasteiger partial charge >= 0.3 is 0 Å². The molecule has 0 amide bonds. The van der Waals surface area contributed by atoms with E-state index in [1.54, 1.807) is 0 Å². The molecule has 8 aromatic carbocycles. The molecule has 0 atom stereocenters. The van der Waals surface area contributed by atoms with Crippen LogP contribution >= 0.6 is 11.8 Å². The Bertz CT molecular complexity index is 3190. The number of rotatable bonds is 5. The molecule has 12 rings (SSSR count). The topological polar surface area (TPSA) is 38.7 Å². The lowest BCUT2D eigenvalue weighted by atomic mass is 9.67. The summed E-state index contributed by atoms with van der Waals surface area (Å²) in [5.74, 6) is 0.709. The smallest absolute Gasteiger partial charge is 0.160 e. The molecule has 0 radical (unpaired) electrons. The minimum absolute atomic E-state index is 0.568. The quantitative estimate of drug-likeness (QED) is 0.174. The third-order valence-electron chi connectivity index (χ3n) is 12.2. The van der Waals surface area contributed by atoms with Crippen molar-refractivity contribution in [2.45, 2.75) is 15.2 Å². The van der Waals surface area contributed by atoms with Crippen LogP contribution in [0, 0.1) is 0 Å². The molecule has 0 bridgehead atoms. The Morgan fingerprint density at radius 1 is 0.367 bits per heavy atom. The number of benzene rings is 8. The van der Waals surface area contributed by atoms with E-state index in [1.165, 1.54) is 54.1 Å². The van der Waals surface area contributed by atoms with Gasteiger partial charge in [-0.1, -0.05) is 176 Å². The van der Waals surface area contributed by atoms with Crippen LogP contribution in [0.25, 0.3) is 78.2 Å². The highest BCUT2D eigenvalue weighted by molar-refractivity contribution is 7.99. The summed E-state index contributed by atoms with van der Waals surface area (Å²) in [6, 6.07) is 74.4. The molecule has 4 heteroatoms. The second-order valence-corrected chi connectivity index (χ2v) is 16.6. The molecule has 0 unspecified atom stereocenters. The van der Waals surface area contributed by atoms with Gasteiger partial charge < -0.3 is 0 Å². The first kappa shape index (κ1) is 34.6. The lowest BCUT2D eigenvalue weighted by Gasteiger charge is -2.40. The van der Waals surface area contributed by atoms with Crippen LogP contribution in [0.3, 0.4) is 0 Å². The number of aromatic nitrogens is 3. The minimum Gasteiger partial charge on any atom is -0.256 e. The highest BCUT2D eigenvalue weighted by Gasteiger charge is 2.50. The normalized spacial score (nSPS) is 13.1. The molecule has 1 aliphatic heterocycles. The van der Waals surface area contributed by atoms with Crippen LogP contribution in [0.5, 0.6) is 0 Å². The van der Waals surface area contributed by atoms with E-state index in [0.717, 1.165) is 50.3 Å². The first-order valence-electron chi connectivity index (χ1n) is 20.3.